The topological polar surface area (TPSA) is 84.2 Å². The third-order valence-corrected chi connectivity index (χ3v) is 5.47. The van der Waals surface area contributed by atoms with Gasteiger partial charge in [-0.3, -0.25) is 4.79 Å². The third-order valence-electron chi connectivity index (χ3n) is 4.88. The van der Waals surface area contributed by atoms with Crippen LogP contribution in [0.1, 0.15) is 10.4 Å². The lowest BCUT2D eigenvalue weighted by molar-refractivity contribution is -0.0124. The molecule has 0 saturated carbocycles. The Morgan fingerprint density at radius 3 is 2.45 bits per heavy atom. The number of halogens is 2. The van der Waals surface area contributed by atoms with Crippen molar-refractivity contribution in [1.82, 2.24) is 0 Å². The Morgan fingerprint density at radius 2 is 1.70 bits per heavy atom. The zero-order valence-corrected chi connectivity index (χ0v) is 19.2. The summed E-state index contributed by atoms with van der Waals surface area (Å²) in [5.41, 5.74) is 1.95. The number of methoxy groups -OCH3 is 2. The first-order valence-corrected chi connectivity index (χ1v) is 10.5. The molecule has 33 heavy (non-hydrogen) atoms. The average molecular weight is 489 g/mol. The van der Waals surface area contributed by atoms with E-state index in [0.717, 1.165) is 0 Å². The monoisotopic (exact) mass is 488 g/mol. The number of carbonyl (C=O) groups is 1. The van der Waals surface area contributed by atoms with Gasteiger partial charge in [-0.15, -0.1) is 0 Å². The van der Waals surface area contributed by atoms with Crippen LogP contribution in [0.15, 0.2) is 57.7 Å². The Balaban J connectivity index is 2.06. The van der Waals surface area contributed by atoms with Gasteiger partial charge in [0.05, 0.1) is 15.6 Å². The van der Waals surface area contributed by atoms with Gasteiger partial charge in [0.2, 0.25) is 5.43 Å². The van der Waals surface area contributed by atoms with Crippen LogP contribution in [0, 0.1) is 0 Å². The highest BCUT2D eigenvalue weighted by Crippen LogP contribution is 2.44. The lowest BCUT2D eigenvalue weighted by atomic mass is 9.91. The van der Waals surface area contributed by atoms with Gasteiger partial charge in [0.15, 0.2) is 13.6 Å². The van der Waals surface area contributed by atoms with E-state index in [2.05, 4.69) is 0 Å². The number of esters is 1. The van der Waals surface area contributed by atoms with Crippen molar-refractivity contribution in [3.05, 3.63) is 74.4 Å². The summed E-state index contributed by atoms with van der Waals surface area (Å²) in [6, 6.07) is 13.0. The maximum atomic E-state index is 12.8. The highest BCUT2D eigenvalue weighted by molar-refractivity contribution is 6.33. The molecule has 0 fully saturated rings. The fourth-order valence-corrected chi connectivity index (χ4v) is 3.87. The van der Waals surface area contributed by atoms with E-state index in [4.69, 9.17) is 46.6 Å². The minimum Gasteiger partial charge on any atom is -0.466 e. The normalized spacial score (nSPS) is 11.2. The summed E-state index contributed by atoms with van der Waals surface area (Å²) in [5.74, 6) is 0.0448. The smallest absolute Gasteiger partial charge is 0.340 e. The first-order chi connectivity index (χ1) is 15.9. The SMILES string of the molecule is COCOC(=O)c1ccccc1-c1c2cc(Cl)c(=O)cc-2oc2cc(OCOC)c(Cl)cc12. The fourth-order valence-electron chi connectivity index (χ4n) is 3.49. The van der Waals surface area contributed by atoms with E-state index in [0.29, 0.717) is 44.0 Å². The summed E-state index contributed by atoms with van der Waals surface area (Å²) in [6.45, 7) is -0.212. The van der Waals surface area contributed by atoms with Crippen molar-refractivity contribution in [2.75, 3.05) is 27.8 Å². The van der Waals surface area contributed by atoms with Crippen LogP contribution in [0.5, 0.6) is 5.75 Å². The molecular formula is C24H18Cl2O7. The predicted octanol–water partition coefficient (Wildman–Crippen LogP) is 5.62. The minimum atomic E-state index is -0.577. The van der Waals surface area contributed by atoms with Gasteiger partial charge in [-0.25, -0.2) is 4.79 Å². The molecule has 4 rings (SSSR count). The minimum absolute atomic E-state index is 0.0137. The molecule has 1 aliphatic carbocycles. The van der Waals surface area contributed by atoms with Crippen LogP contribution in [0.25, 0.3) is 33.4 Å². The Morgan fingerprint density at radius 1 is 0.939 bits per heavy atom. The Bertz CT molecular complexity index is 1360. The molecule has 7 nitrogen and oxygen atoms in total. The maximum absolute atomic E-state index is 12.8. The van der Waals surface area contributed by atoms with Crippen molar-refractivity contribution in [2.24, 2.45) is 0 Å². The molecule has 0 unspecified atom stereocenters. The van der Waals surface area contributed by atoms with E-state index >= 15 is 0 Å². The van der Waals surface area contributed by atoms with Crippen LogP contribution in [0.4, 0.5) is 0 Å². The number of hydrogen-bond acceptors (Lipinski definition) is 7. The van der Waals surface area contributed by atoms with Crippen LogP contribution in [-0.4, -0.2) is 33.8 Å². The summed E-state index contributed by atoms with van der Waals surface area (Å²) in [6.07, 6.45) is 0. The van der Waals surface area contributed by atoms with E-state index in [9.17, 15) is 9.59 Å². The summed E-state index contributed by atoms with van der Waals surface area (Å²) in [5, 5.41) is 0.907. The van der Waals surface area contributed by atoms with Crippen molar-refractivity contribution >= 4 is 40.1 Å². The standard InChI is InChI=1S/C24H18Cl2O7/c1-29-11-31-22-10-21-16(8-18(22)26)23(15-7-17(25)19(27)9-20(15)33-21)13-5-3-4-6-14(13)24(28)32-12-30-2/h3-10H,11-12H2,1-2H3. The number of hydrogen-bond donors (Lipinski definition) is 0. The maximum Gasteiger partial charge on any atom is 0.340 e. The molecule has 0 N–H and O–H groups in total. The number of carbonyl (C=O) groups excluding carboxylic acids is 1. The Hall–Kier alpha value is -3.10. The molecule has 9 heteroatoms. The van der Waals surface area contributed by atoms with Gasteiger partial charge in [0, 0.05) is 42.9 Å². The van der Waals surface area contributed by atoms with E-state index in [1.807, 2.05) is 0 Å². The van der Waals surface area contributed by atoms with Crippen molar-refractivity contribution in [3.63, 3.8) is 0 Å². The lowest BCUT2D eigenvalue weighted by Crippen LogP contribution is -2.09. The van der Waals surface area contributed by atoms with E-state index < -0.39 is 11.4 Å². The fraction of sp³-hybridized carbons (Fsp3) is 0.167. The molecule has 0 spiro atoms. The van der Waals surface area contributed by atoms with Gasteiger partial charge in [0.25, 0.3) is 0 Å². The van der Waals surface area contributed by atoms with Crippen molar-refractivity contribution < 1.29 is 28.2 Å². The molecule has 2 aliphatic rings. The van der Waals surface area contributed by atoms with Crippen molar-refractivity contribution in [1.29, 1.82) is 0 Å². The predicted molar refractivity (Wildman–Crippen MR) is 124 cm³/mol. The van der Waals surface area contributed by atoms with Gasteiger partial charge in [0.1, 0.15) is 17.1 Å². The van der Waals surface area contributed by atoms with Gasteiger partial charge in [-0.05, 0) is 23.8 Å². The molecule has 1 heterocycles. The Labute approximate surface area is 198 Å². The molecule has 170 valence electrons. The molecular weight excluding hydrogens is 471 g/mol. The van der Waals surface area contributed by atoms with Crippen LogP contribution < -0.4 is 10.2 Å². The highest BCUT2D eigenvalue weighted by atomic mass is 35.5. The van der Waals surface area contributed by atoms with Crippen LogP contribution in [-0.2, 0) is 14.2 Å². The molecule has 2 aromatic rings. The number of ether oxygens (including phenoxy) is 4. The second-order valence-corrected chi connectivity index (χ2v) is 7.78. The molecule has 0 atom stereocenters. The summed E-state index contributed by atoms with van der Waals surface area (Å²) in [7, 11) is 2.91. The van der Waals surface area contributed by atoms with E-state index in [1.165, 1.54) is 26.4 Å². The second kappa shape index (κ2) is 9.80. The molecule has 0 bridgehead atoms. The lowest BCUT2D eigenvalue weighted by Gasteiger charge is -2.18. The van der Waals surface area contributed by atoms with Gasteiger partial charge < -0.3 is 23.4 Å². The number of benzene rings is 3. The van der Waals surface area contributed by atoms with E-state index in [-0.39, 0.29) is 24.4 Å². The van der Waals surface area contributed by atoms with Gasteiger partial charge >= 0.3 is 5.97 Å². The molecule has 0 saturated heterocycles. The number of fused-ring (bicyclic) bond motifs is 2. The van der Waals surface area contributed by atoms with Crippen molar-refractivity contribution in [2.45, 2.75) is 0 Å². The molecule has 0 radical (unpaired) electrons. The van der Waals surface area contributed by atoms with Crippen LogP contribution in [0.3, 0.4) is 0 Å². The third kappa shape index (κ3) is 4.54. The zero-order chi connectivity index (χ0) is 23.5. The van der Waals surface area contributed by atoms with Crippen molar-refractivity contribution in [3.8, 4) is 28.2 Å². The van der Waals surface area contributed by atoms with Gasteiger partial charge in [-0.2, -0.15) is 0 Å². The van der Waals surface area contributed by atoms with Gasteiger partial charge in [-0.1, -0.05) is 41.4 Å². The quantitative estimate of drug-likeness (QED) is 0.189. The summed E-state index contributed by atoms with van der Waals surface area (Å²) in [4.78, 5) is 25.0. The highest BCUT2D eigenvalue weighted by Gasteiger charge is 2.24. The summed E-state index contributed by atoms with van der Waals surface area (Å²) < 4.78 is 26.5. The van der Waals surface area contributed by atoms with Crippen LogP contribution >= 0.6 is 23.2 Å². The average Bonchev–Trinajstić information content (AvgIpc) is 2.81. The molecule has 0 amide bonds. The first-order valence-electron chi connectivity index (χ1n) is 9.71. The molecule has 1 aliphatic heterocycles. The first kappa shape index (κ1) is 23.1. The molecule has 0 aromatic heterocycles. The summed E-state index contributed by atoms with van der Waals surface area (Å²) >= 11 is 12.6. The zero-order valence-electron chi connectivity index (χ0n) is 17.6. The second-order valence-electron chi connectivity index (χ2n) is 6.97. The Kier molecular flexibility index (Phi) is 6.85. The van der Waals surface area contributed by atoms with Crippen LogP contribution in [0.2, 0.25) is 10.0 Å². The number of rotatable bonds is 7. The van der Waals surface area contributed by atoms with E-state index in [1.54, 1.807) is 36.4 Å². The molecule has 2 aromatic carbocycles. The largest absolute Gasteiger partial charge is 0.466 e.